The number of hydrogen-bond acceptors (Lipinski definition) is 2. The minimum absolute atomic E-state index is 0.456. The van der Waals surface area contributed by atoms with E-state index in [0.29, 0.717) is 12.0 Å². The predicted molar refractivity (Wildman–Crippen MR) is 75.4 cm³/mol. The smallest absolute Gasteiger partial charge is 0.201 e. The predicted octanol–water partition coefficient (Wildman–Crippen LogP) is 3.76. The first-order valence-corrected chi connectivity index (χ1v) is 7.00. The third-order valence-corrected chi connectivity index (χ3v) is 4.36. The topological polar surface area (TPSA) is 43.8 Å². The average molecular weight is 243 g/mol. The second kappa shape index (κ2) is 4.63. The summed E-state index contributed by atoms with van der Waals surface area (Å²) in [6.07, 6.45) is 6.77. The number of anilines is 1. The monoisotopic (exact) mass is 243 g/mol. The molecule has 0 bridgehead atoms. The molecule has 96 valence electrons. The molecule has 1 aliphatic rings. The molecule has 3 rings (SSSR count). The van der Waals surface area contributed by atoms with E-state index in [1.807, 2.05) is 12.1 Å². The summed E-state index contributed by atoms with van der Waals surface area (Å²) in [7, 11) is 0. The van der Waals surface area contributed by atoms with Crippen molar-refractivity contribution in [3.8, 4) is 0 Å². The van der Waals surface area contributed by atoms with Crippen molar-refractivity contribution in [1.29, 1.82) is 0 Å². The molecule has 1 unspecified atom stereocenters. The van der Waals surface area contributed by atoms with Gasteiger partial charge in [-0.15, -0.1) is 0 Å². The third-order valence-electron chi connectivity index (χ3n) is 4.36. The zero-order valence-corrected chi connectivity index (χ0v) is 11.0. The van der Waals surface area contributed by atoms with E-state index < -0.39 is 0 Å². The van der Waals surface area contributed by atoms with E-state index in [2.05, 4.69) is 28.6 Å². The fourth-order valence-electron chi connectivity index (χ4n) is 3.32. The highest BCUT2D eigenvalue weighted by atomic mass is 15.2. The molecule has 1 atom stereocenters. The summed E-state index contributed by atoms with van der Waals surface area (Å²) in [5.74, 6) is 1.41. The van der Waals surface area contributed by atoms with E-state index >= 15 is 0 Å². The molecule has 0 spiro atoms. The number of nitrogens with zero attached hydrogens (tertiary/aromatic N) is 2. The Morgan fingerprint density at radius 1 is 1.22 bits per heavy atom. The fourth-order valence-corrected chi connectivity index (χ4v) is 3.32. The van der Waals surface area contributed by atoms with Gasteiger partial charge in [0.15, 0.2) is 0 Å². The van der Waals surface area contributed by atoms with Crippen molar-refractivity contribution >= 4 is 17.0 Å². The minimum Gasteiger partial charge on any atom is -0.369 e. The van der Waals surface area contributed by atoms with Gasteiger partial charge in [0.1, 0.15) is 0 Å². The molecule has 3 heteroatoms. The summed E-state index contributed by atoms with van der Waals surface area (Å²) >= 11 is 0. The highest BCUT2D eigenvalue weighted by molar-refractivity contribution is 5.78. The van der Waals surface area contributed by atoms with Gasteiger partial charge in [0, 0.05) is 6.04 Å². The van der Waals surface area contributed by atoms with Gasteiger partial charge >= 0.3 is 0 Å². The number of benzene rings is 1. The Hall–Kier alpha value is -1.51. The lowest BCUT2D eigenvalue weighted by Crippen LogP contribution is -2.20. The van der Waals surface area contributed by atoms with Crippen LogP contribution in [0.15, 0.2) is 24.3 Å². The molecule has 1 saturated carbocycles. The quantitative estimate of drug-likeness (QED) is 0.872. The van der Waals surface area contributed by atoms with E-state index in [9.17, 15) is 0 Å². The van der Waals surface area contributed by atoms with Crippen LogP contribution in [0.1, 0.15) is 45.1 Å². The number of rotatable bonds is 2. The molecule has 1 aromatic carbocycles. The summed E-state index contributed by atoms with van der Waals surface area (Å²) in [6.45, 7) is 2.29. The molecule has 0 radical (unpaired) electrons. The van der Waals surface area contributed by atoms with Crippen LogP contribution in [0.25, 0.3) is 11.0 Å². The number of nitrogens with two attached hydrogens (primary N) is 1. The van der Waals surface area contributed by atoms with Crippen LogP contribution in [0, 0.1) is 5.92 Å². The minimum atomic E-state index is 0.456. The van der Waals surface area contributed by atoms with E-state index in [4.69, 9.17) is 5.73 Å². The van der Waals surface area contributed by atoms with Gasteiger partial charge < -0.3 is 10.3 Å². The Bertz CT molecular complexity index is 538. The Kier molecular flexibility index (Phi) is 2.98. The molecular weight excluding hydrogens is 222 g/mol. The number of para-hydroxylation sites is 2. The van der Waals surface area contributed by atoms with Gasteiger partial charge in [-0.25, -0.2) is 4.98 Å². The fraction of sp³-hybridized carbons (Fsp3) is 0.533. The standard InChI is InChI=1S/C15H21N3/c1-11(12-7-3-2-4-8-12)18-14-10-6-5-9-13(14)17-15(18)16/h5-6,9-12H,2-4,7-8H2,1H3,(H2,16,17). The van der Waals surface area contributed by atoms with E-state index in [1.165, 1.54) is 37.6 Å². The normalized spacial score (nSPS) is 19.2. The van der Waals surface area contributed by atoms with E-state index in [0.717, 1.165) is 11.4 Å². The molecule has 18 heavy (non-hydrogen) atoms. The molecule has 3 nitrogen and oxygen atoms in total. The molecule has 1 aliphatic carbocycles. The van der Waals surface area contributed by atoms with Crippen LogP contribution in [0.5, 0.6) is 0 Å². The first kappa shape index (κ1) is 11.6. The molecule has 0 amide bonds. The van der Waals surface area contributed by atoms with Crippen molar-refractivity contribution in [2.24, 2.45) is 5.92 Å². The van der Waals surface area contributed by atoms with Crippen LogP contribution in [0.4, 0.5) is 5.95 Å². The summed E-state index contributed by atoms with van der Waals surface area (Å²) in [6, 6.07) is 8.70. The van der Waals surface area contributed by atoms with Crippen LogP contribution >= 0.6 is 0 Å². The van der Waals surface area contributed by atoms with Gasteiger partial charge in [0.2, 0.25) is 5.95 Å². The van der Waals surface area contributed by atoms with Crippen LogP contribution in [-0.2, 0) is 0 Å². The highest BCUT2D eigenvalue weighted by Crippen LogP contribution is 2.35. The van der Waals surface area contributed by atoms with Crippen molar-refractivity contribution in [2.45, 2.75) is 45.1 Å². The molecule has 0 aliphatic heterocycles. The van der Waals surface area contributed by atoms with Crippen LogP contribution in [-0.4, -0.2) is 9.55 Å². The summed E-state index contributed by atoms with van der Waals surface area (Å²) in [5, 5.41) is 0. The lowest BCUT2D eigenvalue weighted by Gasteiger charge is -2.29. The maximum atomic E-state index is 6.11. The van der Waals surface area contributed by atoms with Gasteiger partial charge in [-0.3, -0.25) is 0 Å². The van der Waals surface area contributed by atoms with Crippen molar-refractivity contribution in [3.05, 3.63) is 24.3 Å². The van der Waals surface area contributed by atoms with Crippen LogP contribution in [0.2, 0.25) is 0 Å². The van der Waals surface area contributed by atoms with Gasteiger partial charge in [-0.2, -0.15) is 0 Å². The first-order valence-electron chi connectivity index (χ1n) is 7.00. The average Bonchev–Trinajstić information content (AvgIpc) is 2.75. The highest BCUT2D eigenvalue weighted by Gasteiger charge is 2.24. The van der Waals surface area contributed by atoms with Crippen LogP contribution < -0.4 is 5.73 Å². The van der Waals surface area contributed by atoms with Crippen LogP contribution in [0.3, 0.4) is 0 Å². The molecular formula is C15H21N3. The Balaban J connectivity index is 1.99. The van der Waals surface area contributed by atoms with Crippen molar-refractivity contribution in [3.63, 3.8) is 0 Å². The Labute approximate surface area is 108 Å². The Morgan fingerprint density at radius 3 is 2.72 bits per heavy atom. The number of imidazole rings is 1. The number of nitrogen functional groups attached to an aromatic ring is 1. The molecule has 1 aromatic heterocycles. The van der Waals surface area contributed by atoms with Gasteiger partial charge in [0.25, 0.3) is 0 Å². The first-order chi connectivity index (χ1) is 8.77. The maximum absolute atomic E-state index is 6.11. The van der Waals surface area contributed by atoms with E-state index in [-0.39, 0.29) is 0 Å². The SMILES string of the molecule is CC(C1CCCCC1)n1c(N)nc2ccccc21. The van der Waals surface area contributed by atoms with Crippen molar-refractivity contribution in [1.82, 2.24) is 9.55 Å². The molecule has 2 N–H and O–H groups in total. The van der Waals surface area contributed by atoms with Gasteiger partial charge in [0.05, 0.1) is 11.0 Å². The Morgan fingerprint density at radius 2 is 1.94 bits per heavy atom. The summed E-state index contributed by atoms with van der Waals surface area (Å²) in [4.78, 5) is 4.47. The van der Waals surface area contributed by atoms with E-state index in [1.54, 1.807) is 0 Å². The second-order valence-electron chi connectivity index (χ2n) is 5.47. The summed E-state index contributed by atoms with van der Waals surface area (Å²) in [5.41, 5.74) is 8.30. The van der Waals surface area contributed by atoms with Gasteiger partial charge in [-0.1, -0.05) is 31.4 Å². The van der Waals surface area contributed by atoms with Gasteiger partial charge in [-0.05, 0) is 37.8 Å². The molecule has 2 aromatic rings. The largest absolute Gasteiger partial charge is 0.369 e. The lowest BCUT2D eigenvalue weighted by molar-refractivity contribution is 0.269. The number of hydrogen-bond donors (Lipinski definition) is 1. The molecule has 0 saturated heterocycles. The second-order valence-corrected chi connectivity index (χ2v) is 5.47. The maximum Gasteiger partial charge on any atom is 0.201 e. The molecule has 1 fully saturated rings. The number of fused-ring (bicyclic) bond motifs is 1. The van der Waals surface area contributed by atoms with Crippen molar-refractivity contribution < 1.29 is 0 Å². The third kappa shape index (κ3) is 1.88. The molecule has 1 heterocycles. The lowest BCUT2D eigenvalue weighted by atomic mass is 9.84. The van der Waals surface area contributed by atoms with Crippen molar-refractivity contribution in [2.75, 3.05) is 5.73 Å². The zero-order valence-electron chi connectivity index (χ0n) is 11.0. The number of aromatic nitrogens is 2. The summed E-state index contributed by atoms with van der Waals surface area (Å²) < 4.78 is 2.23. The zero-order chi connectivity index (χ0) is 12.5.